The zero-order chi connectivity index (χ0) is 19.2. The molecule has 0 aliphatic rings. The van der Waals surface area contributed by atoms with Crippen LogP contribution in [0.15, 0.2) is 78.9 Å². The van der Waals surface area contributed by atoms with E-state index in [0.29, 0.717) is 16.9 Å². The van der Waals surface area contributed by atoms with Gasteiger partial charge in [0.15, 0.2) is 5.78 Å². The maximum atomic E-state index is 12.5. The summed E-state index contributed by atoms with van der Waals surface area (Å²) in [4.78, 5) is 24.9. The second kappa shape index (κ2) is 8.28. The van der Waals surface area contributed by atoms with E-state index in [1.165, 1.54) is 6.08 Å². The highest BCUT2D eigenvalue weighted by atomic mass is 16.5. The van der Waals surface area contributed by atoms with Gasteiger partial charge < -0.3 is 4.74 Å². The van der Waals surface area contributed by atoms with Gasteiger partial charge in [-0.05, 0) is 49.3 Å². The van der Waals surface area contributed by atoms with Gasteiger partial charge in [-0.2, -0.15) is 0 Å². The summed E-state index contributed by atoms with van der Waals surface area (Å²) in [5.74, 6) is -0.0499. The summed E-state index contributed by atoms with van der Waals surface area (Å²) >= 11 is 0. The molecule has 0 radical (unpaired) electrons. The van der Waals surface area contributed by atoms with Crippen molar-refractivity contribution in [3.8, 4) is 5.75 Å². The third-order valence-corrected chi connectivity index (χ3v) is 4.27. The molecule has 0 aliphatic carbocycles. The van der Waals surface area contributed by atoms with Crippen LogP contribution in [0.25, 0.3) is 6.08 Å². The van der Waals surface area contributed by atoms with E-state index in [0.717, 1.165) is 16.7 Å². The highest BCUT2D eigenvalue weighted by Gasteiger charge is 2.14. The minimum atomic E-state index is -0.423. The quantitative estimate of drug-likeness (QED) is 0.265. The summed E-state index contributed by atoms with van der Waals surface area (Å²) in [6.07, 6.45) is 3.22. The molecule has 134 valence electrons. The van der Waals surface area contributed by atoms with E-state index in [1.807, 2.05) is 50.2 Å². The Labute approximate surface area is 158 Å². The lowest BCUT2D eigenvalue weighted by Crippen LogP contribution is -2.10. The number of ether oxygens (including phenoxy) is 1. The van der Waals surface area contributed by atoms with E-state index in [1.54, 1.807) is 42.5 Å². The average molecular weight is 356 g/mol. The van der Waals surface area contributed by atoms with Gasteiger partial charge in [0.25, 0.3) is 0 Å². The Morgan fingerprint density at radius 1 is 0.741 bits per heavy atom. The van der Waals surface area contributed by atoms with Crippen LogP contribution in [0.2, 0.25) is 0 Å². The highest BCUT2D eigenvalue weighted by Crippen LogP contribution is 2.29. The van der Waals surface area contributed by atoms with Gasteiger partial charge in [0.1, 0.15) is 5.75 Å². The van der Waals surface area contributed by atoms with Crippen LogP contribution in [-0.2, 0) is 0 Å². The minimum Gasteiger partial charge on any atom is -0.422 e. The van der Waals surface area contributed by atoms with Crippen LogP contribution in [0, 0.1) is 13.8 Å². The van der Waals surface area contributed by atoms with Crippen molar-refractivity contribution in [2.24, 2.45) is 0 Å². The SMILES string of the molecule is Cc1ccc(C)c(OC(=O)c2ccccc2)c1C=CC(=O)c1ccccc1. The molecule has 0 bridgehead atoms. The van der Waals surface area contributed by atoms with Gasteiger partial charge in [0.05, 0.1) is 5.56 Å². The predicted octanol–water partition coefficient (Wildman–Crippen LogP) is 5.42. The molecular formula is C24H20O3. The number of ketones is 1. The summed E-state index contributed by atoms with van der Waals surface area (Å²) in [5.41, 5.74) is 3.57. The second-order valence-electron chi connectivity index (χ2n) is 6.26. The molecule has 3 rings (SSSR count). The molecule has 0 heterocycles. The van der Waals surface area contributed by atoms with Gasteiger partial charge in [-0.1, -0.05) is 60.7 Å². The lowest BCUT2D eigenvalue weighted by Gasteiger charge is -2.13. The Kier molecular flexibility index (Phi) is 5.62. The van der Waals surface area contributed by atoms with Crippen LogP contribution in [0.1, 0.15) is 37.4 Å². The Bertz CT molecular complexity index is 987. The third kappa shape index (κ3) is 4.39. The van der Waals surface area contributed by atoms with Crippen LogP contribution in [0.4, 0.5) is 0 Å². The van der Waals surface area contributed by atoms with Crippen molar-refractivity contribution in [3.63, 3.8) is 0 Å². The smallest absolute Gasteiger partial charge is 0.343 e. The predicted molar refractivity (Wildman–Crippen MR) is 107 cm³/mol. The average Bonchev–Trinajstić information content (AvgIpc) is 2.71. The van der Waals surface area contributed by atoms with Crippen molar-refractivity contribution >= 4 is 17.8 Å². The van der Waals surface area contributed by atoms with E-state index in [-0.39, 0.29) is 5.78 Å². The van der Waals surface area contributed by atoms with E-state index in [9.17, 15) is 9.59 Å². The Hall–Kier alpha value is -3.46. The Morgan fingerprint density at radius 2 is 1.30 bits per heavy atom. The maximum Gasteiger partial charge on any atom is 0.343 e. The molecule has 0 amide bonds. The van der Waals surface area contributed by atoms with Gasteiger partial charge >= 0.3 is 5.97 Å². The molecule has 27 heavy (non-hydrogen) atoms. The Morgan fingerprint density at radius 3 is 1.93 bits per heavy atom. The number of carbonyl (C=O) groups is 2. The molecule has 0 fully saturated rings. The molecular weight excluding hydrogens is 336 g/mol. The van der Waals surface area contributed by atoms with E-state index in [2.05, 4.69) is 0 Å². The molecule has 0 unspecified atom stereocenters. The topological polar surface area (TPSA) is 43.4 Å². The van der Waals surface area contributed by atoms with Crippen LogP contribution in [-0.4, -0.2) is 11.8 Å². The van der Waals surface area contributed by atoms with Crippen LogP contribution < -0.4 is 4.74 Å². The van der Waals surface area contributed by atoms with Gasteiger partial charge in [0.2, 0.25) is 0 Å². The lowest BCUT2D eigenvalue weighted by molar-refractivity contribution is 0.0733. The molecule has 0 saturated heterocycles. The van der Waals surface area contributed by atoms with Crippen molar-refractivity contribution < 1.29 is 14.3 Å². The monoisotopic (exact) mass is 356 g/mol. The molecule has 0 saturated carbocycles. The van der Waals surface area contributed by atoms with Crippen LogP contribution >= 0.6 is 0 Å². The number of aryl methyl sites for hydroxylation is 2. The zero-order valence-electron chi connectivity index (χ0n) is 15.3. The zero-order valence-corrected chi connectivity index (χ0v) is 15.3. The maximum absolute atomic E-state index is 12.5. The minimum absolute atomic E-state index is 0.100. The van der Waals surface area contributed by atoms with Crippen molar-refractivity contribution in [1.82, 2.24) is 0 Å². The van der Waals surface area contributed by atoms with Gasteiger partial charge in [0, 0.05) is 11.1 Å². The second-order valence-corrected chi connectivity index (χ2v) is 6.26. The molecule has 3 aromatic carbocycles. The normalized spacial score (nSPS) is 10.7. The first-order valence-electron chi connectivity index (χ1n) is 8.71. The lowest BCUT2D eigenvalue weighted by atomic mass is 10.0. The number of carbonyl (C=O) groups excluding carboxylic acids is 2. The number of hydrogen-bond acceptors (Lipinski definition) is 3. The molecule has 0 spiro atoms. The molecule has 3 aromatic rings. The number of allylic oxidation sites excluding steroid dienone is 1. The first-order chi connectivity index (χ1) is 13.1. The van der Waals surface area contributed by atoms with Crippen molar-refractivity contribution in [1.29, 1.82) is 0 Å². The summed E-state index contributed by atoms with van der Waals surface area (Å²) in [6.45, 7) is 3.80. The summed E-state index contributed by atoms with van der Waals surface area (Å²) in [5, 5.41) is 0. The molecule has 3 nitrogen and oxygen atoms in total. The largest absolute Gasteiger partial charge is 0.422 e. The standard InChI is InChI=1S/C24H20O3/c1-17-13-14-18(2)23(27-24(26)20-11-7-4-8-12-20)21(17)15-16-22(25)19-9-5-3-6-10-19/h3-16H,1-2H3. The van der Waals surface area contributed by atoms with Crippen LogP contribution in [0.5, 0.6) is 5.75 Å². The first kappa shape index (κ1) is 18.3. The third-order valence-electron chi connectivity index (χ3n) is 4.27. The molecule has 0 aliphatic heterocycles. The Balaban J connectivity index is 1.91. The first-order valence-corrected chi connectivity index (χ1v) is 8.71. The fourth-order valence-electron chi connectivity index (χ4n) is 2.73. The van der Waals surface area contributed by atoms with Gasteiger partial charge in [-0.25, -0.2) is 4.79 Å². The number of rotatable bonds is 5. The fraction of sp³-hybridized carbons (Fsp3) is 0.0833. The number of benzene rings is 3. The van der Waals surface area contributed by atoms with Crippen molar-refractivity contribution in [3.05, 3.63) is 107 Å². The fourth-order valence-corrected chi connectivity index (χ4v) is 2.73. The van der Waals surface area contributed by atoms with E-state index < -0.39 is 5.97 Å². The molecule has 0 atom stereocenters. The highest BCUT2D eigenvalue weighted by molar-refractivity contribution is 6.07. The van der Waals surface area contributed by atoms with E-state index in [4.69, 9.17) is 4.74 Å². The molecule has 0 aromatic heterocycles. The summed E-state index contributed by atoms with van der Waals surface area (Å²) in [6, 6.07) is 21.8. The molecule has 3 heteroatoms. The van der Waals surface area contributed by atoms with Crippen molar-refractivity contribution in [2.75, 3.05) is 0 Å². The summed E-state index contributed by atoms with van der Waals surface area (Å²) < 4.78 is 5.68. The van der Waals surface area contributed by atoms with Crippen LogP contribution in [0.3, 0.4) is 0 Å². The molecule has 0 N–H and O–H groups in total. The van der Waals surface area contributed by atoms with Gasteiger partial charge in [-0.3, -0.25) is 4.79 Å². The summed E-state index contributed by atoms with van der Waals surface area (Å²) in [7, 11) is 0. The number of hydrogen-bond donors (Lipinski definition) is 0. The van der Waals surface area contributed by atoms with E-state index >= 15 is 0 Å². The van der Waals surface area contributed by atoms with Gasteiger partial charge in [-0.15, -0.1) is 0 Å². The van der Waals surface area contributed by atoms with Crippen molar-refractivity contribution in [2.45, 2.75) is 13.8 Å². The number of esters is 1.